The fraction of sp³-hybridized carbons (Fsp3) is 0.292. The van der Waals surface area contributed by atoms with Crippen LogP contribution in [0, 0.1) is 13.8 Å². The second-order valence-electron chi connectivity index (χ2n) is 7.16. The molecule has 0 aliphatic carbocycles. The van der Waals surface area contributed by atoms with Gasteiger partial charge >= 0.3 is 0 Å². The van der Waals surface area contributed by atoms with Crippen LogP contribution in [0.1, 0.15) is 30.5 Å². The summed E-state index contributed by atoms with van der Waals surface area (Å²) in [5, 5.41) is 2.33. The predicted molar refractivity (Wildman–Crippen MR) is 126 cm³/mol. The summed E-state index contributed by atoms with van der Waals surface area (Å²) in [6.07, 6.45) is 1.62. The Kier molecular flexibility index (Phi) is 7.58. The number of hydrogen-bond acceptors (Lipinski definition) is 6. The van der Waals surface area contributed by atoms with Crippen LogP contribution < -0.4 is 14.8 Å². The Morgan fingerprint density at radius 3 is 2.34 bits per heavy atom. The van der Waals surface area contributed by atoms with Gasteiger partial charge in [-0.3, -0.25) is 19.3 Å². The lowest BCUT2D eigenvalue weighted by Gasteiger charge is -2.15. The average molecular weight is 455 g/mol. The fourth-order valence-corrected chi connectivity index (χ4v) is 4.12. The van der Waals surface area contributed by atoms with Gasteiger partial charge in [-0.15, -0.1) is 0 Å². The van der Waals surface area contributed by atoms with Gasteiger partial charge in [0.15, 0.2) is 11.5 Å². The van der Waals surface area contributed by atoms with E-state index in [1.165, 1.54) is 0 Å². The van der Waals surface area contributed by atoms with Crippen LogP contribution in [-0.2, 0) is 9.59 Å². The molecule has 1 fully saturated rings. The van der Waals surface area contributed by atoms with Crippen molar-refractivity contribution in [2.24, 2.45) is 0 Å². The van der Waals surface area contributed by atoms with Gasteiger partial charge in [0.1, 0.15) is 6.54 Å². The van der Waals surface area contributed by atoms with E-state index in [0.717, 1.165) is 27.8 Å². The molecule has 3 rings (SSSR count). The summed E-state index contributed by atoms with van der Waals surface area (Å²) in [5.41, 5.74) is 3.21. The molecule has 7 nitrogen and oxygen atoms in total. The first-order chi connectivity index (χ1) is 15.3. The number of para-hydroxylation sites is 1. The average Bonchev–Trinajstić information content (AvgIpc) is 3.00. The Morgan fingerprint density at radius 2 is 1.69 bits per heavy atom. The minimum Gasteiger partial charge on any atom is -0.490 e. The van der Waals surface area contributed by atoms with E-state index in [4.69, 9.17) is 9.47 Å². The summed E-state index contributed by atoms with van der Waals surface area (Å²) in [5.74, 6) is 0.257. The van der Waals surface area contributed by atoms with Crippen LogP contribution in [0.2, 0.25) is 0 Å². The van der Waals surface area contributed by atoms with Crippen LogP contribution >= 0.6 is 11.8 Å². The summed E-state index contributed by atoms with van der Waals surface area (Å²) in [4.78, 5) is 39.0. The van der Waals surface area contributed by atoms with Crippen molar-refractivity contribution in [3.63, 3.8) is 0 Å². The second kappa shape index (κ2) is 10.4. The summed E-state index contributed by atoms with van der Waals surface area (Å²) >= 11 is 0.811. The van der Waals surface area contributed by atoms with Gasteiger partial charge in [0.2, 0.25) is 5.91 Å². The smallest absolute Gasteiger partial charge is 0.294 e. The molecule has 3 amide bonds. The fourth-order valence-electron chi connectivity index (χ4n) is 3.28. The van der Waals surface area contributed by atoms with E-state index in [-0.39, 0.29) is 11.4 Å². The molecule has 0 aromatic heterocycles. The lowest BCUT2D eigenvalue weighted by atomic mass is 10.1. The van der Waals surface area contributed by atoms with Crippen LogP contribution in [0.15, 0.2) is 41.3 Å². The number of nitrogens with zero attached hydrogens (tertiary/aromatic N) is 1. The van der Waals surface area contributed by atoms with Gasteiger partial charge in [0.05, 0.1) is 18.1 Å². The number of thioether (sulfide) groups is 1. The van der Waals surface area contributed by atoms with Crippen LogP contribution in [0.25, 0.3) is 6.08 Å². The van der Waals surface area contributed by atoms with Crippen molar-refractivity contribution < 1.29 is 23.9 Å². The molecule has 0 bridgehead atoms. The predicted octanol–water partition coefficient (Wildman–Crippen LogP) is 4.78. The van der Waals surface area contributed by atoms with Crippen molar-refractivity contribution in [3.8, 4) is 11.5 Å². The normalized spacial score (nSPS) is 14.8. The van der Waals surface area contributed by atoms with Crippen LogP contribution in [0.4, 0.5) is 10.5 Å². The molecule has 1 heterocycles. The first-order valence-corrected chi connectivity index (χ1v) is 11.2. The number of amides is 3. The maximum Gasteiger partial charge on any atom is 0.294 e. The van der Waals surface area contributed by atoms with E-state index in [9.17, 15) is 14.4 Å². The minimum atomic E-state index is -0.497. The third-order valence-electron chi connectivity index (χ3n) is 4.79. The van der Waals surface area contributed by atoms with Crippen molar-refractivity contribution >= 4 is 40.6 Å². The van der Waals surface area contributed by atoms with Gasteiger partial charge in [-0.1, -0.05) is 24.3 Å². The molecule has 1 aliphatic rings. The van der Waals surface area contributed by atoms with E-state index in [1.807, 2.05) is 45.9 Å². The second-order valence-corrected chi connectivity index (χ2v) is 8.15. The van der Waals surface area contributed by atoms with Crippen LogP contribution in [-0.4, -0.2) is 41.7 Å². The van der Waals surface area contributed by atoms with Crippen LogP contribution in [0.5, 0.6) is 11.5 Å². The maximum atomic E-state index is 12.8. The Balaban J connectivity index is 1.75. The highest BCUT2D eigenvalue weighted by Gasteiger charge is 2.36. The van der Waals surface area contributed by atoms with Crippen molar-refractivity contribution in [2.75, 3.05) is 25.1 Å². The van der Waals surface area contributed by atoms with Crippen molar-refractivity contribution in [1.82, 2.24) is 4.90 Å². The van der Waals surface area contributed by atoms with Gasteiger partial charge in [-0.05, 0) is 74.4 Å². The molecule has 0 saturated carbocycles. The number of nitrogens with one attached hydrogen (secondary N) is 1. The molecule has 2 aromatic carbocycles. The number of carbonyl (C=O) groups is 3. The van der Waals surface area contributed by atoms with Gasteiger partial charge in [-0.25, -0.2) is 0 Å². The minimum absolute atomic E-state index is 0.251. The molecule has 0 spiro atoms. The number of anilines is 1. The largest absolute Gasteiger partial charge is 0.490 e. The summed E-state index contributed by atoms with van der Waals surface area (Å²) in [7, 11) is 0. The topological polar surface area (TPSA) is 84.9 Å². The first kappa shape index (κ1) is 23.4. The Hall–Kier alpha value is -3.26. The maximum absolute atomic E-state index is 12.8. The molecule has 168 valence electrons. The monoisotopic (exact) mass is 454 g/mol. The highest BCUT2D eigenvalue weighted by molar-refractivity contribution is 8.18. The first-order valence-electron chi connectivity index (χ1n) is 10.3. The summed E-state index contributed by atoms with van der Waals surface area (Å²) in [6, 6.07) is 11.0. The molecule has 1 saturated heterocycles. The molecule has 1 aliphatic heterocycles. The van der Waals surface area contributed by atoms with Crippen LogP contribution in [0.3, 0.4) is 0 Å². The third kappa shape index (κ3) is 5.31. The zero-order chi connectivity index (χ0) is 23.3. The number of benzene rings is 2. The van der Waals surface area contributed by atoms with E-state index in [2.05, 4.69) is 5.32 Å². The van der Waals surface area contributed by atoms with E-state index < -0.39 is 17.1 Å². The number of carbonyl (C=O) groups excluding carboxylic acids is 3. The van der Waals surface area contributed by atoms with Crippen molar-refractivity contribution in [2.45, 2.75) is 27.7 Å². The Morgan fingerprint density at radius 1 is 1.03 bits per heavy atom. The van der Waals surface area contributed by atoms with E-state index >= 15 is 0 Å². The Labute approximate surface area is 191 Å². The molecule has 2 aromatic rings. The zero-order valence-electron chi connectivity index (χ0n) is 18.6. The summed E-state index contributed by atoms with van der Waals surface area (Å²) < 4.78 is 11.2. The van der Waals surface area contributed by atoms with Gasteiger partial charge in [-0.2, -0.15) is 0 Å². The highest BCUT2D eigenvalue weighted by Crippen LogP contribution is 2.34. The number of ether oxygens (including phenoxy) is 2. The number of aryl methyl sites for hydroxylation is 2. The SMILES string of the molecule is CCOc1ccc(/C=C2/SC(=O)N(CC(=O)Nc3c(C)cccc3C)C2=O)cc1OCC. The van der Waals surface area contributed by atoms with E-state index in [1.54, 1.807) is 24.3 Å². The number of imide groups is 1. The Bertz CT molecular complexity index is 1060. The molecular weight excluding hydrogens is 428 g/mol. The molecule has 0 atom stereocenters. The summed E-state index contributed by atoms with van der Waals surface area (Å²) in [6.45, 7) is 8.16. The van der Waals surface area contributed by atoms with Crippen molar-refractivity contribution in [3.05, 3.63) is 58.0 Å². The molecule has 0 radical (unpaired) electrons. The van der Waals surface area contributed by atoms with Gasteiger partial charge < -0.3 is 14.8 Å². The van der Waals surface area contributed by atoms with Gasteiger partial charge in [0, 0.05) is 5.69 Å². The van der Waals surface area contributed by atoms with Gasteiger partial charge in [0.25, 0.3) is 11.1 Å². The molecule has 32 heavy (non-hydrogen) atoms. The molecule has 0 unspecified atom stereocenters. The lowest BCUT2D eigenvalue weighted by Crippen LogP contribution is -2.36. The molecule has 8 heteroatoms. The highest BCUT2D eigenvalue weighted by atomic mass is 32.2. The van der Waals surface area contributed by atoms with E-state index in [0.29, 0.717) is 36.0 Å². The number of hydrogen-bond donors (Lipinski definition) is 1. The quantitative estimate of drug-likeness (QED) is 0.578. The third-order valence-corrected chi connectivity index (χ3v) is 5.69. The molecule has 1 N–H and O–H groups in total. The number of rotatable bonds is 8. The van der Waals surface area contributed by atoms with Crippen molar-refractivity contribution in [1.29, 1.82) is 0 Å². The zero-order valence-corrected chi connectivity index (χ0v) is 19.4. The standard InChI is InChI=1S/C24H26N2O5S/c1-5-30-18-11-10-17(12-19(18)31-6-2)13-20-23(28)26(24(29)32-20)14-21(27)25-22-15(3)8-7-9-16(22)4/h7-13H,5-6,14H2,1-4H3,(H,25,27)/b20-13+. The lowest BCUT2D eigenvalue weighted by molar-refractivity contribution is -0.127. The molecular formula is C24H26N2O5S.